The summed E-state index contributed by atoms with van der Waals surface area (Å²) in [6.07, 6.45) is 4.54. The Morgan fingerprint density at radius 1 is 1.09 bits per heavy atom. The molecule has 0 bridgehead atoms. The number of pyridine rings is 2. The second kappa shape index (κ2) is 10.1. The van der Waals surface area contributed by atoms with Crippen LogP contribution >= 0.6 is 0 Å². The van der Waals surface area contributed by atoms with E-state index in [9.17, 15) is 9.18 Å². The molecule has 4 rings (SSSR count). The minimum atomic E-state index is -0.256. The highest BCUT2D eigenvalue weighted by molar-refractivity contribution is 5.99. The first kappa shape index (κ1) is 21.5. The summed E-state index contributed by atoms with van der Waals surface area (Å²) in [4.78, 5) is 23.9. The van der Waals surface area contributed by atoms with Crippen molar-refractivity contribution in [2.24, 2.45) is 0 Å². The normalized spacial score (nSPS) is 13.2. The standard InChI is InChI=1S/C24H27FN6O/c25-19-5-3-4-17(14-19)10-11-27-23-20(7-9-22(30-23)31-12-1-2-13-31)24(32)29-16-18-6-8-21(26)28-15-18/h3-9,14-15H,1-2,10-13,16H2,(H2,26,28)(H,27,30)(H,29,32). The van der Waals surface area contributed by atoms with E-state index in [1.807, 2.05) is 24.3 Å². The van der Waals surface area contributed by atoms with Gasteiger partial charge in [-0.1, -0.05) is 18.2 Å². The molecule has 0 atom stereocenters. The first-order valence-electron chi connectivity index (χ1n) is 10.8. The van der Waals surface area contributed by atoms with Crippen LogP contribution in [0.3, 0.4) is 0 Å². The molecule has 3 aromatic rings. The minimum absolute atomic E-state index is 0.226. The second-order valence-electron chi connectivity index (χ2n) is 7.84. The molecule has 1 aliphatic heterocycles. The zero-order chi connectivity index (χ0) is 22.3. The van der Waals surface area contributed by atoms with Gasteiger partial charge in [0.15, 0.2) is 0 Å². The van der Waals surface area contributed by atoms with Crippen LogP contribution in [-0.4, -0.2) is 35.5 Å². The number of hydrogen-bond acceptors (Lipinski definition) is 6. The lowest BCUT2D eigenvalue weighted by atomic mass is 10.1. The molecule has 0 radical (unpaired) electrons. The molecular formula is C24H27FN6O. The summed E-state index contributed by atoms with van der Waals surface area (Å²) in [5, 5.41) is 6.20. The van der Waals surface area contributed by atoms with E-state index in [4.69, 9.17) is 10.7 Å². The number of carbonyl (C=O) groups is 1. The third kappa shape index (κ3) is 5.51. The molecule has 0 aliphatic carbocycles. The van der Waals surface area contributed by atoms with Gasteiger partial charge in [-0.15, -0.1) is 0 Å². The Morgan fingerprint density at radius 2 is 1.94 bits per heavy atom. The fourth-order valence-electron chi connectivity index (χ4n) is 3.72. The third-order valence-corrected chi connectivity index (χ3v) is 5.45. The third-order valence-electron chi connectivity index (χ3n) is 5.45. The van der Waals surface area contributed by atoms with E-state index in [1.54, 1.807) is 18.3 Å². The number of anilines is 3. The van der Waals surface area contributed by atoms with E-state index in [0.29, 0.717) is 36.7 Å². The average Bonchev–Trinajstić information content (AvgIpc) is 3.34. The molecule has 1 saturated heterocycles. The van der Waals surface area contributed by atoms with Gasteiger partial charge in [-0.2, -0.15) is 0 Å². The van der Waals surface area contributed by atoms with Crippen LogP contribution in [0.2, 0.25) is 0 Å². The molecule has 1 fully saturated rings. The van der Waals surface area contributed by atoms with Gasteiger partial charge in [0, 0.05) is 32.4 Å². The molecule has 1 amide bonds. The van der Waals surface area contributed by atoms with Crippen molar-refractivity contribution in [2.75, 3.05) is 35.6 Å². The summed E-state index contributed by atoms with van der Waals surface area (Å²) in [6, 6.07) is 13.8. The molecule has 2 aromatic heterocycles. The van der Waals surface area contributed by atoms with Gasteiger partial charge in [-0.25, -0.2) is 14.4 Å². The number of rotatable bonds is 8. The number of halogens is 1. The van der Waals surface area contributed by atoms with Gasteiger partial charge in [0.1, 0.15) is 23.3 Å². The Labute approximate surface area is 186 Å². The Bertz CT molecular complexity index is 1070. The van der Waals surface area contributed by atoms with Crippen LogP contribution in [-0.2, 0) is 13.0 Å². The largest absolute Gasteiger partial charge is 0.384 e. The highest BCUT2D eigenvalue weighted by atomic mass is 19.1. The summed E-state index contributed by atoms with van der Waals surface area (Å²) < 4.78 is 13.5. The average molecular weight is 435 g/mol. The first-order valence-corrected chi connectivity index (χ1v) is 10.8. The molecule has 1 aliphatic rings. The van der Waals surface area contributed by atoms with E-state index in [-0.39, 0.29) is 11.7 Å². The van der Waals surface area contributed by atoms with Crippen molar-refractivity contribution < 1.29 is 9.18 Å². The Morgan fingerprint density at radius 3 is 2.69 bits per heavy atom. The SMILES string of the molecule is Nc1ccc(CNC(=O)c2ccc(N3CCCC3)nc2NCCc2cccc(F)c2)cn1. The molecule has 32 heavy (non-hydrogen) atoms. The highest BCUT2D eigenvalue weighted by Gasteiger charge is 2.18. The predicted molar refractivity (Wildman–Crippen MR) is 124 cm³/mol. The Hall–Kier alpha value is -3.68. The molecule has 1 aromatic carbocycles. The number of carbonyl (C=O) groups excluding carboxylic acids is 1. The number of nitrogens with zero attached hydrogens (tertiary/aromatic N) is 3. The number of nitrogen functional groups attached to an aromatic ring is 1. The summed E-state index contributed by atoms with van der Waals surface area (Å²) in [7, 11) is 0. The smallest absolute Gasteiger partial charge is 0.255 e. The zero-order valence-electron chi connectivity index (χ0n) is 17.9. The zero-order valence-corrected chi connectivity index (χ0v) is 17.9. The van der Waals surface area contributed by atoms with Gasteiger partial charge in [0.25, 0.3) is 5.91 Å². The number of benzene rings is 1. The van der Waals surface area contributed by atoms with Gasteiger partial charge < -0.3 is 21.3 Å². The molecule has 3 heterocycles. The summed E-state index contributed by atoms with van der Waals surface area (Å²) in [5.41, 5.74) is 7.83. The highest BCUT2D eigenvalue weighted by Crippen LogP contribution is 2.23. The van der Waals surface area contributed by atoms with Crippen molar-refractivity contribution in [2.45, 2.75) is 25.8 Å². The lowest BCUT2D eigenvalue weighted by molar-refractivity contribution is 0.0951. The topological polar surface area (TPSA) is 96.2 Å². The number of hydrogen-bond donors (Lipinski definition) is 3. The minimum Gasteiger partial charge on any atom is -0.384 e. The van der Waals surface area contributed by atoms with Gasteiger partial charge in [-0.3, -0.25) is 4.79 Å². The van der Waals surface area contributed by atoms with Crippen LogP contribution in [0.15, 0.2) is 54.7 Å². The first-order chi connectivity index (χ1) is 15.6. The van der Waals surface area contributed by atoms with Crippen LogP contribution in [0, 0.1) is 5.82 Å². The maximum Gasteiger partial charge on any atom is 0.255 e. The van der Waals surface area contributed by atoms with Crippen LogP contribution in [0.1, 0.15) is 34.3 Å². The van der Waals surface area contributed by atoms with Crippen LogP contribution in [0.5, 0.6) is 0 Å². The number of nitrogens with one attached hydrogen (secondary N) is 2. The van der Waals surface area contributed by atoms with E-state index < -0.39 is 0 Å². The monoisotopic (exact) mass is 434 g/mol. The number of nitrogens with two attached hydrogens (primary N) is 1. The quantitative estimate of drug-likeness (QED) is 0.503. The van der Waals surface area contributed by atoms with Crippen LogP contribution < -0.4 is 21.3 Å². The van der Waals surface area contributed by atoms with Crippen molar-refractivity contribution in [1.82, 2.24) is 15.3 Å². The van der Waals surface area contributed by atoms with Gasteiger partial charge in [0.2, 0.25) is 0 Å². The van der Waals surface area contributed by atoms with E-state index >= 15 is 0 Å². The van der Waals surface area contributed by atoms with E-state index in [2.05, 4.69) is 20.5 Å². The van der Waals surface area contributed by atoms with Gasteiger partial charge in [-0.05, 0) is 60.7 Å². The van der Waals surface area contributed by atoms with Gasteiger partial charge >= 0.3 is 0 Å². The maximum atomic E-state index is 13.5. The van der Waals surface area contributed by atoms with Crippen molar-refractivity contribution in [1.29, 1.82) is 0 Å². The molecule has 4 N–H and O–H groups in total. The second-order valence-corrected chi connectivity index (χ2v) is 7.84. The Balaban J connectivity index is 1.47. The molecule has 0 saturated carbocycles. The molecule has 0 unspecified atom stereocenters. The van der Waals surface area contributed by atoms with E-state index in [1.165, 1.54) is 12.1 Å². The molecule has 166 valence electrons. The number of aromatic nitrogens is 2. The molecular weight excluding hydrogens is 407 g/mol. The molecule has 0 spiro atoms. The molecule has 8 heteroatoms. The molecule has 7 nitrogen and oxygen atoms in total. The van der Waals surface area contributed by atoms with Gasteiger partial charge in [0.05, 0.1) is 5.56 Å². The maximum absolute atomic E-state index is 13.5. The van der Waals surface area contributed by atoms with Crippen LogP contribution in [0.4, 0.5) is 21.8 Å². The lowest BCUT2D eigenvalue weighted by Crippen LogP contribution is -2.26. The summed E-state index contributed by atoms with van der Waals surface area (Å²) in [5.74, 6) is 1.34. The Kier molecular flexibility index (Phi) is 6.79. The summed E-state index contributed by atoms with van der Waals surface area (Å²) in [6.45, 7) is 2.79. The lowest BCUT2D eigenvalue weighted by Gasteiger charge is -2.19. The predicted octanol–water partition coefficient (Wildman–Crippen LogP) is 3.38. The van der Waals surface area contributed by atoms with Crippen molar-refractivity contribution >= 4 is 23.4 Å². The van der Waals surface area contributed by atoms with Crippen molar-refractivity contribution in [3.63, 3.8) is 0 Å². The van der Waals surface area contributed by atoms with E-state index in [0.717, 1.165) is 42.9 Å². The van der Waals surface area contributed by atoms with Crippen molar-refractivity contribution in [3.8, 4) is 0 Å². The van der Waals surface area contributed by atoms with Crippen molar-refractivity contribution in [3.05, 3.63) is 77.2 Å². The summed E-state index contributed by atoms with van der Waals surface area (Å²) >= 11 is 0. The number of amides is 1. The fourth-order valence-corrected chi connectivity index (χ4v) is 3.72. The van der Waals surface area contributed by atoms with Crippen LogP contribution in [0.25, 0.3) is 0 Å². The fraction of sp³-hybridized carbons (Fsp3) is 0.292.